The van der Waals surface area contributed by atoms with Crippen LogP contribution in [0.5, 0.6) is 5.88 Å². The molecule has 0 aliphatic carbocycles. The second-order valence-corrected chi connectivity index (χ2v) is 5.96. The zero-order valence-electron chi connectivity index (χ0n) is 13.5. The second kappa shape index (κ2) is 7.43. The molecule has 1 N–H and O–H groups in total. The van der Waals surface area contributed by atoms with Gasteiger partial charge in [0.1, 0.15) is 18.2 Å². The molecule has 0 saturated heterocycles. The lowest BCUT2D eigenvalue weighted by molar-refractivity contribution is 0.143. The molecule has 5 heteroatoms. The van der Waals surface area contributed by atoms with Crippen LogP contribution in [0, 0.1) is 0 Å². The van der Waals surface area contributed by atoms with E-state index in [0.29, 0.717) is 25.1 Å². The largest absolute Gasteiger partial charge is 0.475 e. The normalized spacial score (nSPS) is 13.1. The van der Waals surface area contributed by atoms with E-state index in [-0.39, 0.29) is 5.41 Å². The Morgan fingerprint density at radius 1 is 1.25 bits per heavy atom. The maximum absolute atomic E-state index is 5.62. The quantitative estimate of drug-likeness (QED) is 0.779. The monoisotopic (exact) mass is 281 g/mol. The fraction of sp³-hybridized carbons (Fsp3) is 0.733. The van der Waals surface area contributed by atoms with Gasteiger partial charge in [0.05, 0.1) is 6.61 Å². The summed E-state index contributed by atoms with van der Waals surface area (Å²) in [6, 6.07) is 2.21. The Balaban J connectivity index is 2.95. The van der Waals surface area contributed by atoms with Crippen molar-refractivity contribution < 1.29 is 9.47 Å². The molecular weight excluding hydrogens is 254 g/mol. The van der Waals surface area contributed by atoms with Crippen molar-refractivity contribution in [1.82, 2.24) is 9.97 Å². The summed E-state index contributed by atoms with van der Waals surface area (Å²) in [4.78, 5) is 9.07. The Hall–Kier alpha value is -1.36. The molecule has 20 heavy (non-hydrogen) atoms. The van der Waals surface area contributed by atoms with Crippen LogP contribution in [0.3, 0.4) is 0 Å². The van der Waals surface area contributed by atoms with Crippen molar-refractivity contribution in [3.63, 3.8) is 0 Å². The highest BCUT2D eigenvalue weighted by Gasteiger charge is 2.20. The number of hydrogen-bond donors (Lipinski definition) is 1. The molecule has 0 spiro atoms. The Morgan fingerprint density at radius 3 is 2.50 bits per heavy atom. The first-order valence-electron chi connectivity index (χ1n) is 7.14. The molecule has 0 bridgehead atoms. The predicted molar refractivity (Wildman–Crippen MR) is 81.5 cm³/mol. The van der Waals surface area contributed by atoms with Crippen LogP contribution < -0.4 is 10.1 Å². The van der Waals surface area contributed by atoms with Crippen molar-refractivity contribution in [3.05, 3.63) is 11.9 Å². The van der Waals surface area contributed by atoms with Crippen LogP contribution in [0.15, 0.2) is 6.07 Å². The number of ether oxygens (including phenoxy) is 2. The van der Waals surface area contributed by atoms with Crippen LogP contribution in [0.25, 0.3) is 0 Å². The van der Waals surface area contributed by atoms with E-state index in [2.05, 4.69) is 49.9 Å². The van der Waals surface area contributed by atoms with Gasteiger partial charge in [-0.1, -0.05) is 27.7 Å². The van der Waals surface area contributed by atoms with Gasteiger partial charge in [-0.15, -0.1) is 0 Å². The number of anilines is 1. The van der Waals surface area contributed by atoms with Gasteiger partial charge < -0.3 is 14.8 Å². The van der Waals surface area contributed by atoms with E-state index < -0.39 is 0 Å². The molecular formula is C15H27N3O2. The van der Waals surface area contributed by atoms with Crippen LogP contribution >= 0.6 is 0 Å². The Labute approximate surface area is 122 Å². The third-order valence-corrected chi connectivity index (χ3v) is 2.92. The predicted octanol–water partition coefficient (Wildman–Crippen LogP) is 3.01. The van der Waals surface area contributed by atoms with Gasteiger partial charge in [0, 0.05) is 24.6 Å². The van der Waals surface area contributed by atoms with Crippen LogP contribution in [0.2, 0.25) is 0 Å². The van der Waals surface area contributed by atoms with Crippen molar-refractivity contribution in [2.24, 2.45) is 0 Å². The molecule has 1 atom stereocenters. The zero-order chi connectivity index (χ0) is 15.2. The van der Waals surface area contributed by atoms with E-state index in [1.54, 1.807) is 7.11 Å². The second-order valence-electron chi connectivity index (χ2n) is 5.96. The summed E-state index contributed by atoms with van der Waals surface area (Å²) in [5.41, 5.74) is -0.119. The van der Waals surface area contributed by atoms with E-state index in [4.69, 9.17) is 9.47 Å². The van der Waals surface area contributed by atoms with Crippen LogP contribution in [0.1, 0.15) is 46.9 Å². The minimum atomic E-state index is -0.119. The summed E-state index contributed by atoms with van der Waals surface area (Å²) in [7, 11) is 1.65. The summed E-state index contributed by atoms with van der Waals surface area (Å²) in [6.45, 7) is 11.6. The lowest BCUT2D eigenvalue weighted by Crippen LogP contribution is -2.20. The molecule has 1 aromatic heterocycles. The molecule has 1 rings (SSSR count). The van der Waals surface area contributed by atoms with Gasteiger partial charge in [-0.05, 0) is 13.3 Å². The van der Waals surface area contributed by atoms with Crippen LogP contribution in [-0.4, -0.2) is 36.3 Å². The standard InChI is InChI=1S/C15H27N3O2/c1-7-11(2)16-12-10-13(20-9-8-19-6)18-14(17-12)15(3,4)5/h10-11H,7-9H2,1-6H3,(H,16,17,18). The fourth-order valence-corrected chi connectivity index (χ4v) is 1.49. The average Bonchev–Trinajstić information content (AvgIpc) is 2.37. The first kappa shape index (κ1) is 16.7. The fourth-order valence-electron chi connectivity index (χ4n) is 1.49. The van der Waals surface area contributed by atoms with Gasteiger partial charge in [-0.25, -0.2) is 4.98 Å². The average molecular weight is 281 g/mol. The van der Waals surface area contributed by atoms with E-state index in [0.717, 1.165) is 18.1 Å². The Morgan fingerprint density at radius 2 is 1.95 bits per heavy atom. The number of methoxy groups -OCH3 is 1. The zero-order valence-corrected chi connectivity index (χ0v) is 13.5. The minimum absolute atomic E-state index is 0.119. The summed E-state index contributed by atoms with van der Waals surface area (Å²) < 4.78 is 10.6. The number of hydrogen-bond acceptors (Lipinski definition) is 5. The van der Waals surface area contributed by atoms with Gasteiger partial charge in [0.25, 0.3) is 0 Å². The maximum Gasteiger partial charge on any atom is 0.218 e. The van der Waals surface area contributed by atoms with Gasteiger partial charge in [0.15, 0.2) is 0 Å². The molecule has 0 radical (unpaired) electrons. The summed E-state index contributed by atoms with van der Waals surface area (Å²) in [5, 5.41) is 3.37. The first-order valence-corrected chi connectivity index (χ1v) is 7.14. The van der Waals surface area contributed by atoms with Crippen molar-refractivity contribution in [1.29, 1.82) is 0 Å². The highest BCUT2D eigenvalue weighted by molar-refractivity contribution is 5.40. The van der Waals surface area contributed by atoms with Gasteiger partial charge in [0.2, 0.25) is 5.88 Å². The van der Waals surface area contributed by atoms with Crippen LogP contribution in [0.4, 0.5) is 5.82 Å². The lowest BCUT2D eigenvalue weighted by Gasteiger charge is -2.20. The lowest BCUT2D eigenvalue weighted by atomic mass is 9.96. The number of nitrogens with one attached hydrogen (secondary N) is 1. The molecule has 1 aromatic rings. The van der Waals surface area contributed by atoms with Gasteiger partial charge >= 0.3 is 0 Å². The SMILES string of the molecule is CCC(C)Nc1cc(OCCOC)nc(C(C)(C)C)n1. The summed E-state index contributed by atoms with van der Waals surface area (Å²) >= 11 is 0. The molecule has 0 aliphatic heterocycles. The Bertz CT molecular complexity index is 416. The molecule has 1 heterocycles. The topological polar surface area (TPSA) is 56.3 Å². The smallest absolute Gasteiger partial charge is 0.218 e. The molecule has 0 fully saturated rings. The van der Waals surface area contributed by atoms with Crippen molar-refractivity contribution in [3.8, 4) is 5.88 Å². The number of aromatic nitrogens is 2. The molecule has 0 saturated carbocycles. The highest BCUT2D eigenvalue weighted by Crippen LogP contribution is 2.23. The highest BCUT2D eigenvalue weighted by atomic mass is 16.5. The minimum Gasteiger partial charge on any atom is -0.475 e. The number of rotatable bonds is 7. The molecule has 114 valence electrons. The van der Waals surface area contributed by atoms with Gasteiger partial charge in [-0.2, -0.15) is 4.98 Å². The first-order chi connectivity index (χ1) is 9.36. The molecule has 1 unspecified atom stereocenters. The van der Waals surface area contributed by atoms with Crippen LogP contribution in [-0.2, 0) is 10.2 Å². The van der Waals surface area contributed by atoms with E-state index in [1.165, 1.54) is 0 Å². The van der Waals surface area contributed by atoms with E-state index in [9.17, 15) is 0 Å². The van der Waals surface area contributed by atoms with E-state index >= 15 is 0 Å². The van der Waals surface area contributed by atoms with E-state index in [1.807, 2.05) is 6.07 Å². The Kier molecular flexibility index (Phi) is 6.20. The third kappa shape index (κ3) is 5.33. The van der Waals surface area contributed by atoms with Crippen molar-refractivity contribution in [2.45, 2.75) is 52.5 Å². The molecule has 5 nitrogen and oxygen atoms in total. The molecule has 0 aromatic carbocycles. The molecule has 0 aliphatic rings. The van der Waals surface area contributed by atoms with Gasteiger partial charge in [-0.3, -0.25) is 0 Å². The number of nitrogens with zero attached hydrogens (tertiary/aromatic N) is 2. The molecule has 0 amide bonds. The third-order valence-electron chi connectivity index (χ3n) is 2.92. The van der Waals surface area contributed by atoms with Crippen molar-refractivity contribution >= 4 is 5.82 Å². The summed E-state index contributed by atoms with van der Waals surface area (Å²) in [6.07, 6.45) is 1.04. The maximum atomic E-state index is 5.62. The summed E-state index contributed by atoms with van der Waals surface area (Å²) in [5.74, 6) is 2.18. The van der Waals surface area contributed by atoms with Crippen molar-refractivity contribution in [2.75, 3.05) is 25.6 Å².